The van der Waals surface area contributed by atoms with E-state index in [1.807, 2.05) is 34.6 Å². The van der Waals surface area contributed by atoms with Crippen molar-refractivity contribution in [3.05, 3.63) is 48.6 Å². The van der Waals surface area contributed by atoms with E-state index < -0.39 is 0 Å². The molecular formula is C14H21N5. The fraction of sp³-hybridized carbons (Fsp3) is 0.429. The standard InChI is InChI=1S/C14H21N5/c1-4-7-19-11-14(13(3)17-19)9-15-12(2)10-18-8-5-6-16-18/h4-6,8,11-12,15H,1,7,9-10H2,2-3H3/t12-/m0/s1. The van der Waals surface area contributed by atoms with E-state index >= 15 is 0 Å². The van der Waals surface area contributed by atoms with E-state index in [1.54, 1.807) is 6.20 Å². The van der Waals surface area contributed by atoms with Gasteiger partial charge in [0, 0.05) is 36.7 Å². The lowest BCUT2D eigenvalue weighted by Crippen LogP contribution is -2.30. The van der Waals surface area contributed by atoms with Crippen LogP contribution in [0.5, 0.6) is 0 Å². The second kappa shape index (κ2) is 6.33. The molecule has 0 aromatic carbocycles. The third kappa shape index (κ3) is 3.79. The Kier molecular flexibility index (Phi) is 4.52. The molecule has 0 spiro atoms. The number of rotatable bonds is 7. The highest BCUT2D eigenvalue weighted by Crippen LogP contribution is 2.06. The predicted octanol–water partition coefficient (Wildman–Crippen LogP) is 1.75. The van der Waals surface area contributed by atoms with Gasteiger partial charge < -0.3 is 5.32 Å². The van der Waals surface area contributed by atoms with Gasteiger partial charge in [-0.25, -0.2) is 0 Å². The molecule has 0 fully saturated rings. The molecule has 5 heteroatoms. The second-order valence-corrected chi connectivity index (χ2v) is 4.76. The smallest absolute Gasteiger partial charge is 0.0638 e. The van der Waals surface area contributed by atoms with Crippen LogP contribution in [0.2, 0.25) is 0 Å². The van der Waals surface area contributed by atoms with Crippen LogP contribution < -0.4 is 5.32 Å². The summed E-state index contributed by atoms with van der Waals surface area (Å²) in [5.41, 5.74) is 2.30. The Balaban J connectivity index is 1.85. The van der Waals surface area contributed by atoms with Crippen molar-refractivity contribution in [1.29, 1.82) is 0 Å². The summed E-state index contributed by atoms with van der Waals surface area (Å²) in [5.74, 6) is 0. The Labute approximate surface area is 113 Å². The van der Waals surface area contributed by atoms with Crippen molar-refractivity contribution in [2.45, 2.75) is 39.5 Å². The Bertz CT molecular complexity index is 512. The number of hydrogen-bond acceptors (Lipinski definition) is 3. The second-order valence-electron chi connectivity index (χ2n) is 4.76. The molecule has 19 heavy (non-hydrogen) atoms. The fourth-order valence-corrected chi connectivity index (χ4v) is 2.00. The first kappa shape index (κ1) is 13.5. The molecule has 0 aliphatic heterocycles. The highest BCUT2D eigenvalue weighted by molar-refractivity contribution is 5.15. The van der Waals surface area contributed by atoms with Gasteiger partial charge in [0.05, 0.1) is 18.8 Å². The van der Waals surface area contributed by atoms with Gasteiger partial charge in [-0.1, -0.05) is 6.08 Å². The Morgan fingerprint density at radius 2 is 2.32 bits per heavy atom. The largest absolute Gasteiger partial charge is 0.308 e. The van der Waals surface area contributed by atoms with Crippen LogP contribution in [0.25, 0.3) is 0 Å². The van der Waals surface area contributed by atoms with Gasteiger partial charge in [0.2, 0.25) is 0 Å². The molecule has 2 aromatic heterocycles. The highest BCUT2D eigenvalue weighted by atomic mass is 15.3. The van der Waals surface area contributed by atoms with Gasteiger partial charge in [-0.15, -0.1) is 6.58 Å². The minimum atomic E-state index is 0.363. The van der Waals surface area contributed by atoms with Crippen LogP contribution in [-0.2, 0) is 19.6 Å². The van der Waals surface area contributed by atoms with Crippen LogP contribution in [0.15, 0.2) is 37.3 Å². The lowest BCUT2D eigenvalue weighted by molar-refractivity contribution is 0.450. The van der Waals surface area contributed by atoms with Crippen LogP contribution in [-0.4, -0.2) is 25.6 Å². The molecule has 0 radical (unpaired) electrons. The molecule has 2 aromatic rings. The summed E-state index contributed by atoms with van der Waals surface area (Å²) in [5, 5.41) is 12.1. The van der Waals surface area contributed by atoms with Gasteiger partial charge in [0.1, 0.15) is 0 Å². The third-order valence-corrected chi connectivity index (χ3v) is 3.03. The first-order valence-corrected chi connectivity index (χ1v) is 6.53. The minimum absolute atomic E-state index is 0.363. The number of nitrogens with zero attached hydrogens (tertiary/aromatic N) is 4. The molecule has 5 nitrogen and oxygen atoms in total. The summed E-state index contributed by atoms with van der Waals surface area (Å²) in [6.07, 6.45) is 7.70. The third-order valence-electron chi connectivity index (χ3n) is 3.03. The van der Waals surface area contributed by atoms with Gasteiger partial charge in [0.25, 0.3) is 0 Å². The van der Waals surface area contributed by atoms with Gasteiger partial charge in [0.15, 0.2) is 0 Å². The molecule has 2 rings (SSSR count). The maximum absolute atomic E-state index is 4.44. The molecule has 1 N–H and O–H groups in total. The zero-order chi connectivity index (χ0) is 13.7. The molecule has 1 atom stereocenters. The normalized spacial score (nSPS) is 12.5. The maximum Gasteiger partial charge on any atom is 0.0638 e. The summed E-state index contributed by atoms with van der Waals surface area (Å²) < 4.78 is 3.85. The van der Waals surface area contributed by atoms with E-state index in [0.29, 0.717) is 6.04 Å². The SMILES string of the molecule is C=CCn1cc(CN[C@@H](C)Cn2cccn2)c(C)n1. The summed E-state index contributed by atoms with van der Waals surface area (Å²) in [6.45, 7) is 10.4. The highest BCUT2D eigenvalue weighted by Gasteiger charge is 2.07. The first-order valence-electron chi connectivity index (χ1n) is 6.53. The monoisotopic (exact) mass is 259 g/mol. The number of nitrogens with one attached hydrogen (secondary N) is 1. The van der Waals surface area contributed by atoms with Gasteiger partial charge in [-0.2, -0.15) is 10.2 Å². The topological polar surface area (TPSA) is 47.7 Å². The molecule has 0 aliphatic carbocycles. The maximum atomic E-state index is 4.44. The Morgan fingerprint density at radius 3 is 3.00 bits per heavy atom. The van der Waals surface area contributed by atoms with Crippen molar-refractivity contribution in [3.63, 3.8) is 0 Å². The lowest BCUT2D eigenvalue weighted by atomic mass is 10.2. The molecular weight excluding hydrogens is 238 g/mol. The van der Waals surface area contributed by atoms with Crippen molar-refractivity contribution in [2.24, 2.45) is 0 Å². The summed E-state index contributed by atoms with van der Waals surface area (Å²) in [7, 11) is 0. The zero-order valence-corrected chi connectivity index (χ0v) is 11.6. The Morgan fingerprint density at radius 1 is 1.47 bits per heavy atom. The average molecular weight is 259 g/mol. The van der Waals surface area contributed by atoms with Gasteiger partial charge >= 0.3 is 0 Å². The molecule has 0 saturated carbocycles. The first-order chi connectivity index (χ1) is 9.19. The molecule has 0 unspecified atom stereocenters. The molecule has 102 valence electrons. The van der Waals surface area contributed by atoms with Crippen molar-refractivity contribution < 1.29 is 0 Å². The van der Waals surface area contributed by atoms with Crippen LogP contribution in [0.4, 0.5) is 0 Å². The number of hydrogen-bond donors (Lipinski definition) is 1. The van der Waals surface area contributed by atoms with E-state index in [1.165, 1.54) is 5.56 Å². The fourth-order valence-electron chi connectivity index (χ4n) is 2.00. The van der Waals surface area contributed by atoms with Crippen molar-refractivity contribution in [3.8, 4) is 0 Å². The molecule has 0 bridgehead atoms. The van der Waals surface area contributed by atoms with E-state index in [-0.39, 0.29) is 0 Å². The van der Waals surface area contributed by atoms with Crippen LogP contribution in [0, 0.1) is 6.92 Å². The van der Waals surface area contributed by atoms with Gasteiger partial charge in [-0.05, 0) is 19.9 Å². The van der Waals surface area contributed by atoms with Crippen molar-refractivity contribution >= 4 is 0 Å². The van der Waals surface area contributed by atoms with E-state index in [2.05, 4.69) is 35.2 Å². The quantitative estimate of drug-likeness (QED) is 0.771. The summed E-state index contributed by atoms with van der Waals surface area (Å²) in [6, 6.07) is 2.30. The summed E-state index contributed by atoms with van der Waals surface area (Å²) in [4.78, 5) is 0. The average Bonchev–Trinajstić information content (AvgIpc) is 2.97. The lowest BCUT2D eigenvalue weighted by Gasteiger charge is -2.13. The van der Waals surface area contributed by atoms with E-state index in [0.717, 1.165) is 25.3 Å². The number of aryl methyl sites for hydroxylation is 1. The number of allylic oxidation sites excluding steroid dienone is 1. The minimum Gasteiger partial charge on any atom is -0.308 e. The Hall–Kier alpha value is -1.88. The number of aromatic nitrogens is 4. The van der Waals surface area contributed by atoms with Gasteiger partial charge in [-0.3, -0.25) is 9.36 Å². The van der Waals surface area contributed by atoms with Crippen LogP contribution in [0.1, 0.15) is 18.2 Å². The van der Waals surface area contributed by atoms with Crippen LogP contribution in [0.3, 0.4) is 0 Å². The van der Waals surface area contributed by atoms with Crippen molar-refractivity contribution in [1.82, 2.24) is 24.9 Å². The van der Waals surface area contributed by atoms with E-state index in [4.69, 9.17) is 0 Å². The molecule has 0 amide bonds. The van der Waals surface area contributed by atoms with Crippen molar-refractivity contribution in [2.75, 3.05) is 0 Å². The summed E-state index contributed by atoms with van der Waals surface area (Å²) >= 11 is 0. The molecule has 0 saturated heterocycles. The molecule has 0 aliphatic rings. The molecule has 2 heterocycles. The van der Waals surface area contributed by atoms with Crippen LogP contribution >= 0.6 is 0 Å². The van der Waals surface area contributed by atoms with E-state index in [9.17, 15) is 0 Å². The predicted molar refractivity (Wildman–Crippen MR) is 75.7 cm³/mol. The zero-order valence-electron chi connectivity index (χ0n) is 11.6.